The van der Waals surface area contributed by atoms with Crippen LogP contribution in [0.2, 0.25) is 0 Å². The summed E-state index contributed by atoms with van der Waals surface area (Å²) in [7, 11) is 1.29. The number of rotatable bonds is 3. The molecule has 1 N–H and O–H groups in total. The Balaban J connectivity index is 1.96. The van der Waals surface area contributed by atoms with Gasteiger partial charge in [-0.25, -0.2) is 9.78 Å². The van der Waals surface area contributed by atoms with E-state index < -0.39 is 11.6 Å². The van der Waals surface area contributed by atoms with Crippen LogP contribution in [-0.4, -0.2) is 28.6 Å². The van der Waals surface area contributed by atoms with Crippen LogP contribution in [-0.2, 0) is 9.47 Å². The van der Waals surface area contributed by atoms with Crippen LogP contribution in [0.15, 0.2) is 58.9 Å². The van der Waals surface area contributed by atoms with Gasteiger partial charge < -0.3 is 14.5 Å². The largest absolute Gasteiger partial charge is 0.480 e. The number of nitriles is 3. The van der Waals surface area contributed by atoms with E-state index in [1.54, 1.807) is 44.2 Å². The molecule has 0 amide bonds. The lowest BCUT2D eigenvalue weighted by Crippen LogP contribution is -2.20. The maximum Gasteiger partial charge on any atom is 0.356 e. The van der Waals surface area contributed by atoms with Crippen molar-refractivity contribution in [3.05, 3.63) is 70.3 Å². The number of carbonyl (C=O) groups excluding carboxylic acids is 1. The van der Waals surface area contributed by atoms with Gasteiger partial charge in [-0.15, -0.1) is 0 Å². The summed E-state index contributed by atoms with van der Waals surface area (Å²) in [6, 6.07) is 14.9. The first-order valence-electron chi connectivity index (χ1n) is 9.91. The number of hydrogen-bond donors (Lipinski definition) is 1. The van der Waals surface area contributed by atoms with Crippen molar-refractivity contribution in [1.82, 2.24) is 9.97 Å². The van der Waals surface area contributed by atoms with E-state index in [-0.39, 0.29) is 22.6 Å². The third kappa shape index (κ3) is 3.48. The molecule has 0 atom stereocenters. The minimum absolute atomic E-state index is 0.0424. The fraction of sp³-hybridized carbons (Fsp3) is 0.160. The molecule has 0 radical (unpaired) electrons. The van der Waals surface area contributed by atoms with Gasteiger partial charge in [0, 0.05) is 21.9 Å². The minimum atomic E-state index is -0.963. The molecule has 33 heavy (non-hydrogen) atoms. The molecule has 0 saturated heterocycles. The summed E-state index contributed by atoms with van der Waals surface area (Å²) in [5.74, 6) is -0.615. The average molecular weight is 435 g/mol. The second-order valence-electron chi connectivity index (χ2n) is 7.75. The summed E-state index contributed by atoms with van der Waals surface area (Å²) < 4.78 is 10.7. The number of hydrogen-bond acceptors (Lipinski definition) is 7. The minimum Gasteiger partial charge on any atom is -0.480 e. The van der Waals surface area contributed by atoms with E-state index in [2.05, 4.69) is 9.97 Å². The lowest BCUT2D eigenvalue weighted by molar-refractivity contribution is 0.0594. The van der Waals surface area contributed by atoms with Crippen LogP contribution in [0.3, 0.4) is 0 Å². The molecule has 1 aliphatic heterocycles. The second kappa shape index (κ2) is 8.00. The maximum atomic E-state index is 12.3. The zero-order valence-corrected chi connectivity index (χ0v) is 18.1. The summed E-state index contributed by atoms with van der Waals surface area (Å²) in [5, 5.41) is 29.9. The van der Waals surface area contributed by atoms with Gasteiger partial charge in [-0.3, -0.25) is 0 Å². The number of allylic oxidation sites excluding steroid dienone is 2. The van der Waals surface area contributed by atoms with Crippen molar-refractivity contribution in [1.29, 1.82) is 15.8 Å². The molecule has 0 fully saturated rings. The highest BCUT2D eigenvalue weighted by Crippen LogP contribution is 2.40. The molecule has 0 bridgehead atoms. The van der Waals surface area contributed by atoms with Crippen LogP contribution >= 0.6 is 0 Å². The maximum absolute atomic E-state index is 12.3. The predicted molar refractivity (Wildman–Crippen MR) is 120 cm³/mol. The van der Waals surface area contributed by atoms with Gasteiger partial charge in [-0.05, 0) is 32.1 Å². The molecular weight excluding hydrogens is 418 g/mol. The number of para-hydroxylation sites is 1. The Bertz CT molecular complexity index is 1530. The van der Waals surface area contributed by atoms with Crippen LogP contribution in [0.5, 0.6) is 0 Å². The van der Waals surface area contributed by atoms with Gasteiger partial charge in [-0.1, -0.05) is 24.3 Å². The number of H-pyrrole nitrogens is 1. The lowest BCUT2D eigenvalue weighted by Gasteiger charge is -2.20. The van der Waals surface area contributed by atoms with Crippen molar-refractivity contribution in [2.45, 2.75) is 19.4 Å². The molecule has 1 aromatic carbocycles. The Labute approximate surface area is 189 Å². The summed E-state index contributed by atoms with van der Waals surface area (Å²) in [6.07, 6.45) is 3.33. The molecule has 0 unspecified atom stereocenters. The second-order valence-corrected chi connectivity index (χ2v) is 7.75. The van der Waals surface area contributed by atoms with Gasteiger partial charge in [0.25, 0.3) is 0 Å². The van der Waals surface area contributed by atoms with E-state index in [0.717, 1.165) is 16.3 Å². The summed E-state index contributed by atoms with van der Waals surface area (Å²) >= 11 is 0. The summed E-state index contributed by atoms with van der Waals surface area (Å²) in [5.41, 5.74) is 1.54. The number of ether oxygens (including phenoxy) is 2. The van der Waals surface area contributed by atoms with Gasteiger partial charge >= 0.3 is 5.97 Å². The molecule has 1 aliphatic rings. The smallest absolute Gasteiger partial charge is 0.356 e. The number of aromatic nitrogens is 2. The van der Waals surface area contributed by atoms with Crippen molar-refractivity contribution in [2.75, 3.05) is 7.11 Å². The lowest BCUT2D eigenvalue weighted by atomic mass is 9.94. The van der Waals surface area contributed by atoms with E-state index >= 15 is 0 Å². The Morgan fingerprint density at radius 2 is 1.88 bits per heavy atom. The van der Waals surface area contributed by atoms with Crippen molar-refractivity contribution in [3.8, 4) is 18.2 Å². The Morgan fingerprint density at radius 1 is 1.15 bits per heavy atom. The molecular formula is C25H17N5O3. The number of pyridine rings is 1. The Kier molecular flexibility index (Phi) is 5.18. The molecule has 8 nitrogen and oxygen atoms in total. The Hall–Kier alpha value is -4.87. The van der Waals surface area contributed by atoms with Gasteiger partial charge in [0.2, 0.25) is 0 Å². The van der Waals surface area contributed by atoms with Crippen LogP contribution in [0.25, 0.3) is 27.9 Å². The third-order valence-corrected chi connectivity index (χ3v) is 5.39. The SMILES string of the molecule is COC(=O)c1cc2c([nH]c3ccccc32)c(C=CC2=C(C#N)C(=C(C#N)C#N)OC2(C)C)n1. The van der Waals surface area contributed by atoms with Crippen LogP contribution < -0.4 is 0 Å². The number of aromatic amines is 1. The monoisotopic (exact) mass is 435 g/mol. The first kappa shape index (κ1) is 21.4. The van der Waals surface area contributed by atoms with E-state index in [9.17, 15) is 20.6 Å². The van der Waals surface area contributed by atoms with E-state index in [4.69, 9.17) is 9.47 Å². The molecule has 4 rings (SSSR count). The molecule has 0 saturated carbocycles. The number of nitrogens with zero attached hydrogens (tertiary/aromatic N) is 4. The third-order valence-electron chi connectivity index (χ3n) is 5.39. The first-order chi connectivity index (χ1) is 15.8. The highest BCUT2D eigenvalue weighted by molar-refractivity contribution is 6.10. The number of esters is 1. The predicted octanol–water partition coefficient (Wildman–Crippen LogP) is 4.45. The average Bonchev–Trinajstić information content (AvgIpc) is 3.31. The van der Waals surface area contributed by atoms with Crippen molar-refractivity contribution in [3.63, 3.8) is 0 Å². The number of methoxy groups -OCH3 is 1. The van der Waals surface area contributed by atoms with Crippen molar-refractivity contribution >= 4 is 33.9 Å². The molecule has 8 heteroatoms. The molecule has 2 aromatic heterocycles. The fourth-order valence-electron chi connectivity index (χ4n) is 3.84. The van der Waals surface area contributed by atoms with Crippen LogP contribution in [0.1, 0.15) is 30.0 Å². The Morgan fingerprint density at radius 3 is 2.55 bits per heavy atom. The molecule has 160 valence electrons. The zero-order chi connectivity index (χ0) is 23.8. The number of nitrogens with one attached hydrogen (secondary N) is 1. The standard InChI is InChI=1S/C25H17N5O3/c1-25(2)18(17(13-28)23(33-25)14(11-26)12-27)8-9-20-22-16(10-21(29-20)24(31)32-3)15-6-4-5-7-19(15)30-22/h4-10,30H,1-3H3. The van der Waals surface area contributed by atoms with Gasteiger partial charge in [0.1, 0.15) is 35.1 Å². The summed E-state index contributed by atoms with van der Waals surface area (Å²) in [4.78, 5) is 20.0. The molecule has 0 aliphatic carbocycles. The highest BCUT2D eigenvalue weighted by atomic mass is 16.5. The number of carbonyl (C=O) groups is 1. The number of benzene rings is 1. The van der Waals surface area contributed by atoms with Crippen LogP contribution in [0, 0.1) is 34.0 Å². The van der Waals surface area contributed by atoms with Gasteiger partial charge in [-0.2, -0.15) is 15.8 Å². The number of fused-ring (bicyclic) bond motifs is 3. The van der Waals surface area contributed by atoms with Crippen LogP contribution in [0.4, 0.5) is 0 Å². The fourth-order valence-corrected chi connectivity index (χ4v) is 3.84. The molecule has 3 aromatic rings. The normalized spacial score (nSPS) is 14.7. The van der Waals surface area contributed by atoms with E-state index in [1.807, 2.05) is 30.3 Å². The molecule has 3 heterocycles. The quantitative estimate of drug-likeness (QED) is 0.474. The summed E-state index contributed by atoms with van der Waals surface area (Å²) in [6.45, 7) is 3.47. The highest BCUT2D eigenvalue weighted by Gasteiger charge is 2.38. The van der Waals surface area contributed by atoms with E-state index in [0.29, 0.717) is 16.8 Å². The van der Waals surface area contributed by atoms with Gasteiger partial charge in [0.15, 0.2) is 11.3 Å². The zero-order valence-electron chi connectivity index (χ0n) is 18.1. The first-order valence-corrected chi connectivity index (χ1v) is 9.91. The van der Waals surface area contributed by atoms with Crippen molar-refractivity contribution in [2.24, 2.45) is 0 Å². The van der Waals surface area contributed by atoms with E-state index in [1.165, 1.54) is 7.11 Å². The molecule has 0 spiro atoms. The van der Waals surface area contributed by atoms with Crippen molar-refractivity contribution < 1.29 is 14.3 Å². The van der Waals surface area contributed by atoms with Gasteiger partial charge in [0.05, 0.1) is 18.3 Å². The topological polar surface area (TPSA) is 136 Å².